The lowest BCUT2D eigenvalue weighted by Gasteiger charge is -2.07. The molecule has 0 heterocycles. The number of carbonyl (C=O) groups excluding carboxylic acids is 1. The maximum Gasteiger partial charge on any atom is 0.217 e. The van der Waals surface area contributed by atoms with E-state index in [1.54, 1.807) is 0 Å². The molecule has 1 amide bonds. The second-order valence-corrected chi connectivity index (χ2v) is 4.45. The molecule has 21 heavy (non-hydrogen) atoms. The van der Waals surface area contributed by atoms with Crippen LogP contribution in [0.4, 0.5) is 0 Å². The van der Waals surface area contributed by atoms with Gasteiger partial charge in [-0.15, -0.1) is 0 Å². The first-order valence-corrected chi connectivity index (χ1v) is 7.47. The fourth-order valence-corrected chi connectivity index (χ4v) is 1.51. The van der Waals surface area contributed by atoms with Crippen LogP contribution >= 0.6 is 0 Å². The van der Waals surface area contributed by atoms with Crippen molar-refractivity contribution in [1.29, 1.82) is 0 Å². The van der Waals surface area contributed by atoms with Gasteiger partial charge >= 0.3 is 0 Å². The van der Waals surface area contributed by atoms with Crippen LogP contribution in [-0.4, -0.2) is 70.5 Å². The zero-order chi connectivity index (χ0) is 15.6. The number of unbranched alkanes of at least 4 members (excludes halogenated alkanes) is 2. The first-order valence-electron chi connectivity index (χ1n) is 7.47. The SMILES string of the molecule is NC(=O)CCCCCOCCOCCOCCOCCO. The van der Waals surface area contributed by atoms with Crippen molar-refractivity contribution in [3.63, 3.8) is 0 Å². The van der Waals surface area contributed by atoms with Crippen LogP contribution in [0.3, 0.4) is 0 Å². The number of nitrogens with two attached hydrogens (primary N) is 1. The zero-order valence-electron chi connectivity index (χ0n) is 12.8. The number of aliphatic hydroxyl groups is 1. The fourth-order valence-electron chi connectivity index (χ4n) is 1.51. The third-order valence-corrected chi connectivity index (χ3v) is 2.56. The Bertz CT molecular complexity index is 228. The van der Waals surface area contributed by atoms with E-state index in [0.717, 1.165) is 19.3 Å². The predicted octanol–water partition coefficient (Wildman–Crippen LogP) is 0.0908. The molecule has 3 N–H and O–H groups in total. The molecule has 0 unspecified atom stereocenters. The summed E-state index contributed by atoms with van der Waals surface area (Å²) in [5.74, 6) is -0.244. The summed E-state index contributed by atoms with van der Waals surface area (Å²) in [4.78, 5) is 10.5. The van der Waals surface area contributed by atoms with E-state index in [9.17, 15) is 4.79 Å². The summed E-state index contributed by atoms with van der Waals surface area (Å²) in [6.07, 6.45) is 3.17. The number of rotatable bonds is 17. The highest BCUT2D eigenvalue weighted by atomic mass is 16.6. The lowest BCUT2D eigenvalue weighted by atomic mass is 10.2. The summed E-state index contributed by atoms with van der Waals surface area (Å²) in [5, 5.41) is 8.48. The summed E-state index contributed by atoms with van der Waals surface area (Å²) in [5.41, 5.74) is 5.04. The predicted molar refractivity (Wildman–Crippen MR) is 78.0 cm³/mol. The van der Waals surface area contributed by atoms with Crippen molar-refractivity contribution in [3.8, 4) is 0 Å². The van der Waals surface area contributed by atoms with E-state index in [1.807, 2.05) is 0 Å². The highest BCUT2D eigenvalue weighted by molar-refractivity contribution is 5.73. The average Bonchev–Trinajstić information content (AvgIpc) is 2.46. The van der Waals surface area contributed by atoms with Gasteiger partial charge in [-0.1, -0.05) is 6.42 Å². The Kier molecular flexibility index (Phi) is 16.7. The number of hydrogen-bond acceptors (Lipinski definition) is 6. The van der Waals surface area contributed by atoms with Gasteiger partial charge < -0.3 is 29.8 Å². The van der Waals surface area contributed by atoms with Gasteiger partial charge in [-0.3, -0.25) is 4.79 Å². The molecule has 0 rings (SSSR count). The van der Waals surface area contributed by atoms with Crippen molar-refractivity contribution in [1.82, 2.24) is 0 Å². The van der Waals surface area contributed by atoms with Crippen LogP contribution in [0, 0.1) is 0 Å². The quantitative estimate of drug-likeness (QED) is 0.369. The second-order valence-electron chi connectivity index (χ2n) is 4.45. The van der Waals surface area contributed by atoms with Crippen LogP contribution in [0.2, 0.25) is 0 Å². The van der Waals surface area contributed by atoms with Crippen LogP contribution in [0.25, 0.3) is 0 Å². The third kappa shape index (κ3) is 19.3. The molecule has 0 aliphatic heterocycles. The maximum atomic E-state index is 10.5. The summed E-state index contributed by atoms with van der Waals surface area (Å²) < 4.78 is 21.0. The topological polar surface area (TPSA) is 100 Å². The second kappa shape index (κ2) is 17.3. The minimum absolute atomic E-state index is 0.0360. The molecule has 0 spiro atoms. The monoisotopic (exact) mass is 307 g/mol. The van der Waals surface area contributed by atoms with E-state index in [0.29, 0.717) is 59.3 Å². The lowest BCUT2D eigenvalue weighted by molar-refractivity contribution is -0.118. The molecule has 0 fully saturated rings. The van der Waals surface area contributed by atoms with Crippen molar-refractivity contribution in [2.75, 3.05) is 59.5 Å². The van der Waals surface area contributed by atoms with Gasteiger partial charge in [-0.25, -0.2) is 0 Å². The number of ether oxygens (including phenoxy) is 4. The molecule has 0 saturated carbocycles. The van der Waals surface area contributed by atoms with Gasteiger partial charge in [-0.2, -0.15) is 0 Å². The molecular formula is C14H29NO6. The van der Waals surface area contributed by atoms with E-state index in [4.69, 9.17) is 29.8 Å². The van der Waals surface area contributed by atoms with Crippen LogP contribution in [0.1, 0.15) is 25.7 Å². The molecule has 7 nitrogen and oxygen atoms in total. The van der Waals surface area contributed by atoms with E-state index in [2.05, 4.69) is 0 Å². The van der Waals surface area contributed by atoms with Crippen molar-refractivity contribution in [2.24, 2.45) is 5.73 Å². The molecule has 0 aliphatic carbocycles. The summed E-state index contributed by atoms with van der Waals surface area (Å²) in [6.45, 7) is 4.22. The number of amides is 1. The molecule has 0 saturated heterocycles. The molecule has 0 radical (unpaired) electrons. The Morgan fingerprint density at radius 3 is 1.67 bits per heavy atom. The molecule has 0 bridgehead atoms. The Hall–Kier alpha value is -0.730. The van der Waals surface area contributed by atoms with Crippen molar-refractivity contribution >= 4 is 5.91 Å². The highest BCUT2D eigenvalue weighted by Crippen LogP contribution is 1.99. The average molecular weight is 307 g/mol. The number of primary amides is 1. The van der Waals surface area contributed by atoms with E-state index in [1.165, 1.54) is 0 Å². The molecule has 0 aromatic carbocycles. The molecule has 0 atom stereocenters. The number of aliphatic hydroxyl groups excluding tert-OH is 1. The number of hydrogen-bond donors (Lipinski definition) is 2. The minimum atomic E-state index is -0.244. The Labute approximate surface area is 126 Å². The van der Waals surface area contributed by atoms with Gasteiger partial charge in [0.15, 0.2) is 0 Å². The summed E-state index contributed by atoms with van der Waals surface area (Å²) in [7, 11) is 0. The molecule has 0 aromatic rings. The van der Waals surface area contributed by atoms with Crippen molar-refractivity contribution in [3.05, 3.63) is 0 Å². The maximum absolute atomic E-state index is 10.5. The molecule has 0 aliphatic rings. The van der Waals surface area contributed by atoms with Crippen LogP contribution in [-0.2, 0) is 23.7 Å². The first kappa shape index (κ1) is 20.3. The Morgan fingerprint density at radius 1 is 0.714 bits per heavy atom. The van der Waals surface area contributed by atoms with Crippen LogP contribution < -0.4 is 5.73 Å². The van der Waals surface area contributed by atoms with Gasteiger partial charge in [0.25, 0.3) is 0 Å². The first-order chi connectivity index (χ1) is 10.3. The third-order valence-electron chi connectivity index (χ3n) is 2.56. The smallest absolute Gasteiger partial charge is 0.217 e. The minimum Gasteiger partial charge on any atom is -0.394 e. The number of carbonyl (C=O) groups is 1. The largest absolute Gasteiger partial charge is 0.394 e. The highest BCUT2D eigenvalue weighted by Gasteiger charge is 1.95. The molecule has 126 valence electrons. The lowest BCUT2D eigenvalue weighted by Crippen LogP contribution is -2.12. The standard InChI is InChI=1S/C14H29NO6/c15-14(17)4-2-1-3-6-18-8-10-20-12-13-21-11-9-19-7-5-16/h16H,1-13H2,(H2,15,17). The molecule has 7 heteroatoms. The van der Waals surface area contributed by atoms with Gasteiger partial charge in [0.1, 0.15) is 0 Å². The normalized spacial score (nSPS) is 10.9. The van der Waals surface area contributed by atoms with Gasteiger partial charge in [0, 0.05) is 13.0 Å². The summed E-state index contributed by atoms with van der Waals surface area (Å²) >= 11 is 0. The zero-order valence-corrected chi connectivity index (χ0v) is 12.8. The molecular weight excluding hydrogens is 278 g/mol. The van der Waals surface area contributed by atoms with E-state index in [-0.39, 0.29) is 12.5 Å². The fraction of sp³-hybridized carbons (Fsp3) is 0.929. The van der Waals surface area contributed by atoms with E-state index < -0.39 is 0 Å². The van der Waals surface area contributed by atoms with Gasteiger partial charge in [0.2, 0.25) is 5.91 Å². The Balaban J connectivity index is 2.95. The van der Waals surface area contributed by atoms with Gasteiger partial charge in [0.05, 0.1) is 52.9 Å². The van der Waals surface area contributed by atoms with Crippen molar-refractivity contribution in [2.45, 2.75) is 25.7 Å². The van der Waals surface area contributed by atoms with Crippen LogP contribution in [0.15, 0.2) is 0 Å². The molecule has 0 aromatic heterocycles. The Morgan fingerprint density at radius 2 is 1.19 bits per heavy atom. The van der Waals surface area contributed by atoms with Gasteiger partial charge in [-0.05, 0) is 12.8 Å². The van der Waals surface area contributed by atoms with Crippen molar-refractivity contribution < 1.29 is 28.8 Å². The van der Waals surface area contributed by atoms with Crippen LogP contribution in [0.5, 0.6) is 0 Å². The van der Waals surface area contributed by atoms with E-state index >= 15 is 0 Å². The summed E-state index contributed by atoms with van der Waals surface area (Å²) in [6, 6.07) is 0.